The van der Waals surface area contributed by atoms with Gasteiger partial charge in [-0.1, -0.05) is 11.2 Å². The van der Waals surface area contributed by atoms with Crippen LogP contribution >= 0.6 is 0 Å². The van der Waals surface area contributed by atoms with E-state index in [1.54, 1.807) is 0 Å². The number of fused-ring (bicyclic) bond motifs is 1. The Morgan fingerprint density at radius 3 is 2.46 bits per heavy atom. The van der Waals surface area contributed by atoms with Crippen LogP contribution in [0.2, 0.25) is 0 Å². The van der Waals surface area contributed by atoms with Crippen molar-refractivity contribution >= 4 is 0 Å². The quantitative estimate of drug-likeness (QED) is 0.709. The van der Waals surface area contributed by atoms with Gasteiger partial charge in [0.2, 0.25) is 6.79 Å². The zero-order chi connectivity index (χ0) is 18.5. The molecule has 0 amide bonds. The number of benzene rings is 2. The monoisotopic (exact) mass is 365 g/mol. The zero-order valence-electron chi connectivity index (χ0n) is 12.9. The van der Waals surface area contributed by atoms with Crippen LogP contribution in [0.4, 0.5) is 13.2 Å². The summed E-state index contributed by atoms with van der Waals surface area (Å²) in [5.41, 5.74) is -1.50. The molecule has 0 aliphatic carbocycles. The van der Waals surface area contributed by atoms with Crippen LogP contribution < -0.4 is 9.47 Å². The third-order valence-corrected chi connectivity index (χ3v) is 3.85. The van der Waals surface area contributed by atoms with E-state index in [4.69, 9.17) is 14.0 Å². The summed E-state index contributed by atoms with van der Waals surface area (Å²) in [5, 5.41) is 22.6. The molecule has 0 saturated heterocycles. The molecule has 0 unspecified atom stereocenters. The van der Waals surface area contributed by atoms with E-state index < -0.39 is 17.6 Å². The highest BCUT2D eigenvalue weighted by Crippen LogP contribution is 2.46. The molecule has 1 aliphatic heterocycles. The van der Waals surface area contributed by atoms with Crippen molar-refractivity contribution in [1.29, 1.82) is 0 Å². The first-order chi connectivity index (χ1) is 12.3. The summed E-state index contributed by atoms with van der Waals surface area (Å²) in [6.45, 7) is -0.0276. The lowest BCUT2D eigenvalue weighted by molar-refractivity contribution is -0.142. The van der Waals surface area contributed by atoms with E-state index in [-0.39, 0.29) is 40.7 Å². The number of nitrogens with zero attached hydrogens (tertiary/aromatic N) is 1. The Kier molecular flexibility index (Phi) is 3.46. The predicted octanol–water partition coefficient (Wildman–Crippen LogP) is 4.17. The Labute approximate surface area is 144 Å². The molecule has 3 aromatic rings. The maximum Gasteiger partial charge on any atom is 0.437 e. The van der Waals surface area contributed by atoms with Crippen molar-refractivity contribution in [2.24, 2.45) is 0 Å². The van der Waals surface area contributed by atoms with Crippen LogP contribution in [0.1, 0.15) is 5.69 Å². The molecule has 4 rings (SSSR count). The number of phenols is 2. The van der Waals surface area contributed by atoms with E-state index in [2.05, 4.69) is 5.16 Å². The van der Waals surface area contributed by atoms with Crippen LogP contribution in [-0.4, -0.2) is 22.2 Å². The number of ether oxygens (including phenoxy) is 2. The van der Waals surface area contributed by atoms with Gasteiger partial charge in [-0.25, -0.2) is 0 Å². The Balaban J connectivity index is 1.95. The summed E-state index contributed by atoms with van der Waals surface area (Å²) in [5.74, 6) is -0.275. The average molecular weight is 365 g/mol. The Bertz CT molecular complexity index is 997. The van der Waals surface area contributed by atoms with Crippen molar-refractivity contribution in [2.45, 2.75) is 6.18 Å². The van der Waals surface area contributed by atoms with Crippen molar-refractivity contribution in [2.75, 3.05) is 6.79 Å². The molecule has 134 valence electrons. The Hall–Kier alpha value is -3.36. The fourth-order valence-electron chi connectivity index (χ4n) is 2.70. The van der Waals surface area contributed by atoms with Crippen LogP contribution in [0, 0.1) is 0 Å². The molecule has 26 heavy (non-hydrogen) atoms. The molecule has 0 saturated carbocycles. The summed E-state index contributed by atoms with van der Waals surface area (Å²) in [6.07, 6.45) is -4.78. The van der Waals surface area contributed by atoms with Crippen LogP contribution in [0.15, 0.2) is 40.9 Å². The minimum Gasteiger partial charge on any atom is -0.508 e. The third kappa shape index (κ3) is 2.57. The maximum absolute atomic E-state index is 13.4. The zero-order valence-corrected chi connectivity index (χ0v) is 12.9. The van der Waals surface area contributed by atoms with E-state index in [1.165, 1.54) is 30.3 Å². The molecule has 1 aromatic heterocycles. The van der Waals surface area contributed by atoms with Crippen molar-refractivity contribution in [1.82, 2.24) is 5.16 Å². The second-order valence-corrected chi connectivity index (χ2v) is 5.50. The molecule has 0 fully saturated rings. The number of rotatable bonds is 2. The van der Waals surface area contributed by atoms with Crippen molar-refractivity contribution in [3.05, 3.63) is 42.1 Å². The van der Waals surface area contributed by atoms with Gasteiger partial charge in [-0.2, -0.15) is 13.2 Å². The van der Waals surface area contributed by atoms with Gasteiger partial charge in [0.25, 0.3) is 0 Å². The normalized spacial score (nSPS) is 13.2. The lowest BCUT2D eigenvalue weighted by Gasteiger charge is -2.09. The van der Waals surface area contributed by atoms with Gasteiger partial charge >= 0.3 is 6.18 Å². The first-order valence-corrected chi connectivity index (χ1v) is 7.34. The molecule has 0 spiro atoms. The fraction of sp³-hybridized carbons (Fsp3) is 0.118. The van der Waals surface area contributed by atoms with E-state index in [0.29, 0.717) is 5.75 Å². The van der Waals surface area contributed by atoms with E-state index >= 15 is 0 Å². The molecule has 9 heteroatoms. The van der Waals surface area contributed by atoms with Crippen LogP contribution in [0.5, 0.6) is 23.0 Å². The third-order valence-electron chi connectivity index (χ3n) is 3.85. The molecule has 0 bridgehead atoms. The van der Waals surface area contributed by atoms with Crippen molar-refractivity contribution in [3.8, 4) is 45.4 Å². The second kappa shape index (κ2) is 5.58. The molecular formula is C17H10F3NO5. The number of halogens is 3. The van der Waals surface area contributed by atoms with Gasteiger partial charge in [0.15, 0.2) is 23.0 Å². The van der Waals surface area contributed by atoms with Gasteiger partial charge in [0.1, 0.15) is 11.5 Å². The number of aromatic nitrogens is 1. The molecular weight excluding hydrogens is 355 g/mol. The summed E-state index contributed by atoms with van der Waals surface area (Å²) in [4.78, 5) is 0. The van der Waals surface area contributed by atoms with E-state index in [9.17, 15) is 23.4 Å². The molecule has 1 aliphatic rings. The maximum atomic E-state index is 13.4. The van der Waals surface area contributed by atoms with Gasteiger partial charge in [-0.3, -0.25) is 0 Å². The molecule has 0 atom stereocenters. The highest BCUT2D eigenvalue weighted by molar-refractivity contribution is 5.85. The fourth-order valence-corrected chi connectivity index (χ4v) is 2.70. The Morgan fingerprint density at radius 1 is 0.962 bits per heavy atom. The molecule has 6 nitrogen and oxygen atoms in total. The first-order valence-electron chi connectivity index (χ1n) is 7.34. The SMILES string of the molecule is Oc1ccc(-c2onc(C(F)(F)F)c2-c2ccc3c(c2)OCO3)c(O)c1. The molecule has 0 radical (unpaired) electrons. The topological polar surface area (TPSA) is 85.0 Å². The standard InChI is InChI=1S/C17H10F3NO5/c18-17(19,20)16-14(8-1-4-12-13(5-8)25-7-24-12)15(26-21-16)10-3-2-9(22)6-11(10)23/h1-6,22-23H,7H2. The number of phenolic OH excluding ortho intramolecular Hbond substituents is 2. The summed E-state index contributed by atoms with van der Waals surface area (Å²) >= 11 is 0. The second-order valence-electron chi connectivity index (χ2n) is 5.50. The van der Waals surface area contributed by atoms with Gasteiger partial charge in [0, 0.05) is 6.07 Å². The van der Waals surface area contributed by atoms with E-state index in [0.717, 1.165) is 6.07 Å². The van der Waals surface area contributed by atoms with Crippen molar-refractivity contribution in [3.63, 3.8) is 0 Å². The molecule has 2 N–H and O–H groups in total. The summed E-state index contributed by atoms with van der Waals surface area (Å²) in [7, 11) is 0. The Morgan fingerprint density at radius 2 is 1.73 bits per heavy atom. The number of aromatic hydroxyl groups is 2. The summed E-state index contributed by atoms with van der Waals surface area (Å²) in [6, 6.07) is 7.72. The number of hydrogen-bond donors (Lipinski definition) is 2. The molecule has 2 aromatic carbocycles. The van der Waals surface area contributed by atoms with Gasteiger partial charge in [-0.15, -0.1) is 0 Å². The largest absolute Gasteiger partial charge is 0.508 e. The first kappa shape index (κ1) is 16.1. The highest BCUT2D eigenvalue weighted by atomic mass is 19.4. The minimum absolute atomic E-state index is 0.0276. The number of hydrogen-bond acceptors (Lipinski definition) is 6. The summed E-state index contributed by atoms with van der Waals surface area (Å²) < 4.78 is 55.6. The van der Waals surface area contributed by atoms with Crippen LogP contribution in [0.25, 0.3) is 22.5 Å². The van der Waals surface area contributed by atoms with Gasteiger partial charge < -0.3 is 24.2 Å². The number of alkyl halides is 3. The smallest absolute Gasteiger partial charge is 0.437 e. The highest BCUT2D eigenvalue weighted by Gasteiger charge is 2.40. The minimum atomic E-state index is -4.78. The lowest BCUT2D eigenvalue weighted by Crippen LogP contribution is -2.07. The van der Waals surface area contributed by atoms with Gasteiger partial charge in [-0.05, 0) is 29.8 Å². The molecule has 2 heterocycles. The van der Waals surface area contributed by atoms with Crippen LogP contribution in [-0.2, 0) is 6.18 Å². The van der Waals surface area contributed by atoms with E-state index in [1.807, 2.05) is 0 Å². The van der Waals surface area contributed by atoms with Gasteiger partial charge in [0.05, 0.1) is 11.1 Å². The predicted molar refractivity (Wildman–Crippen MR) is 81.8 cm³/mol. The van der Waals surface area contributed by atoms with Crippen LogP contribution in [0.3, 0.4) is 0 Å². The lowest BCUT2D eigenvalue weighted by atomic mass is 9.98. The van der Waals surface area contributed by atoms with Crippen molar-refractivity contribution < 1.29 is 37.4 Å². The average Bonchev–Trinajstić information content (AvgIpc) is 3.20.